The molecule has 2 nitrogen and oxygen atoms in total. The molecule has 0 atom stereocenters. The molecule has 0 aliphatic heterocycles. The maximum Gasteiger partial charge on any atom is 0.163 e. The first kappa shape index (κ1) is 11.2. The maximum absolute atomic E-state index is 11.6. The fraction of sp³-hybridized carbons (Fsp3) is 0.364. The Morgan fingerprint density at radius 3 is 2.71 bits per heavy atom. The highest BCUT2D eigenvalue weighted by Crippen LogP contribution is 2.27. The van der Waals surface area contributed by atoms with Crippen LogP contribution in [-0.4, -0.2) is 10.9 Å². The summed E-state index contributed by atoms with van der Waals surface area (Å²) in [5.74, 6) is 0.307. The van der Waals surface area contributed by atoms with Gasteiger partial charge in [-0.25, -0.2) is 0 Å². The monoisotopic (exact) mass is 256 g/mol. The summed E-state index contributed by atoms with van der Waals surface area (Å²) in [5.41, 5.74) is 1.51. The minimum atomic E-state index is 0.130. The van der Waals surface area contributed by atoms with Crippen molar-refractivity contribution in [3.63, 3.8) is 0 Å². The minimum absolute atomic E-state index is 0.130. The van der Waals surface area contributed by atoms with E-state index < -0.39 is 0 Å². The Kier molecular flexibility index (Phi) is 3.69. The van der Waals surface area contributed by atoms with E-state index in [0.29, 0.717) is 16.5 Å². The van der Waals surface area contributed by atoms with E-state index in [9.17, 15) is 9.90 Å². The summed E-state index contributed by atoms with van der Waals surface area (Å²) in [7, 11) is 0. The first-order chi connectivity index (χ1) is 6.56. The van der Waals surface area contributed by atoms with Gasteiger partial charge in [0.1, 0.15) is 5.75 Å². The van der Waals surface area contributed by atoms with E-state index in [4.69, 9.17) is 0 Å². The van der Waals surface area contributed by atoms with E-state index in [1.165, 1.54) is 0 Å². The molecule has 0 aliphatic rings. The highest BCUT2D eigenvalue weighted by atomic mass is 79.9. The van der Waals surface area contributed by atoms with Gasteiger partial charge in [0.25, 0.3) is 0 Å². The molecule has 0 radical (unpaired) electrons. The summed E-state index contributed by atoms with van der Waals surface area (Å²) < 4.78 is 0.572. The lowest BCUT2D eigenvalue weighted by atomic mass is 10.0. The number of carbonyl (C=O) groups is 1. The molecule has 3 heteroatoms. The lowest BCUT2D eigenvalue weighted by molar-refractivity contribution is 0.0981. The molecule has 0 bridgehead atoms. The molecule has 1 rings (SSSR count). The Bertz CT molecular complexity index is 359. The van der Waals surface area contributed by atoms with Gasteiger partial charge in [-0.3, -0.25) is 4.79 Å². The number of carbonyl (C=O) groups excluding carboxylic acids is 1. The summed E-state index contributed by atoms with van der Waals surface area (Å²) in [4.78, 5) is 11.6. The second-order valence-corrected chi connectivity index (χ2v) is 4.15. The van der Waals surface area contributed by atoms with E-state index in [1.807, 2.05) is 13.8 Å². The standard InChI is InChI=1S/C11H13BrO2/c1-3-4-10(13)8-6-9(12)11(14)5-7(8)2/h5-6,14H,3-4H2,1-2H3. The van der Waals surface area contributed by atoms with Gasteiger partial charge in [-0.2, -0.15) is 0 Å². The molecule has 0 unspecified atom stereocenters. The summed E-state index contributed by atoms with van der Waals surface area (Å²) >= 11 is 3.20. The number of ketones is 1. The zero-order valence-corrected chi connectivity index (χ0v) is 9.89. The number of phenols is 1. The molecule has 0 aromatic heterocycles. The number of benzene rings is 1. The molecule has 76 valence electrons. The third-order valence-corrected chi connectivity index (χ3v) is 2.71. The molecule has 0 spiro atoms. The normalized spacial score (nSPS) is 10.2. The quantitative estimate of drug-likeness (QED) is 0.842. The Hall–Kier alpha value is -0.830. The van der Waals surface area contributed by atoms with Crippen molar-refractivity contribution in [3.05, 3.63) is 27.7 Å². The van der Waals surface area contributed by atoms with Crippen LogP contribution in [0.25, 0.3) is 0 Å². The van der Waals surface area contributed by atoms with Gasteiger partial charge in [0, 0.05) is 12.0 Å². The molecule has 0 aliphatic carbocycles. The molecular weight excluding hydrogens is 244 g/mol. The van der Waals surface area contributed by atoms with Crippen molar-refractivity contribution in [2.24, 2.45) is 0 Å². The smallest absolute Gasteiger partial charge is 0.163 e. The Morgan fingerprint density at radius 2 is 2.14 bits per heavy atom. The first-order valence-electron chi connectivity index (χ1n) is 4.58. The predicted octanol–water partition coefficient (Wildman–Crippen LogP) is 3.45. The number of phenolic OH excluding ortho intramolecular Hbond substituents is 1. The molecule has 0 saturated heterocycles. The van der Waals surface area contributed by atoms with E-state index in [2.05, 4.69) is 15.9 Å². The van der Waals surface area contributed by atoms with Crippen LogP contribution >= 0.6 is 15.9 Å². The van der Waals surface area contributed by atoms with E-state index in [0.717, 1.165) is 12.0 Å². The summed E-state index contributed by atoms with van der Waals surface area (Å²) in [6, 6.07) is 3.29. The van der Waals surface area contributed by atoms with Gasteiger partial charge in [0.2, 0.25) is 0 Å². The van der Waals surface area contributed by atoms with E-state index in [-0.39, 0.29) is 11.5 Å². The zero-order valence-electron chi connectivity index (χ0n) is 8.30. The molecule has 0 saturated carbocycles. The molecule has 1 N–H and O–H groups in total. The lowest BCUT2D eigenvalue weighted by Gasteiger charge is -2.06. The maximum atomic E-state index is 11.6. The van der Waals surface area contributed by atoms with Crippen molar-refractivity contribution in [2.75, 3.05) is 0 Å². The van der Waals surface area contributed by atoms with Crippen LogP contribution in [0.15, 0.2) is 16.6 Å². The van der Waals surface area contributed by atoms with Crippen LogP contribution in [0.3, 0.4) is 0 Å². The van der Waals surface area contributed by atoms with Crippen molar-refractivity contribution < 1.29 is 9.90 Å². The fourth-order valence-corrected chi connectivity index (χ4v) is 1.67. The second-order valence-electron chi connectivity index (χ2n) is 3.29. The van der Waals surface area contributed by atoms with Crippen LogP contribution in [0, 0.1) is 6.92 Å². The highest BCUT2D eigenvalue weighted by molar-refractivity contribution is 9.10. The van der Waals surface area contributed by atoms with Gasteiger partial charge in [0.05, 0.1) is 4.47 Å². The molecule has 14 heavy (non-hydrogen) atoms. The van der Waals surface area contributed by atoms with Gasteiger partial charge >= 0.3 is 0 Å². The number of Topliss-reactive ketones (excluding diaryl/α,β-unsaturated/α-hetero) is 1. The number of hydrogen-bond acceptors (Lipinski definition) is 2. The van der Waals surface area contributed by atoms with E-state index in [1.54, 1.807) is 12.1 Å². The lowest BCUT2D eigenvalue weighted by Crippen LogP contribution is -2.01. The number of hydrogen-bond donors (Lipinski definition) is 1. The average molecular weight is 257 g/mol. The van der Waals surface area contributed by atoms with Crippen LogP contribution in [0.2, 0.25) is 0 Å². The highest BCUT2D eigenvalue weighted by Gasteiger charge is 2.10. The summed E-state index contributed by atoms with van der Waals surface area (Å²) in [6.45, 7) is 3.80. The minimum Gasteiger partial charge on any atom is -0.507 e. The molecule has 1 aromatic rings. The molecular formula is C11H13BrO2. The summed E-state index contributed by atoms with van der Waals surface area (Å²) in [5, 5.41) is 9.38. The van der Waals surface area contributed by atoms with Crippen LogP contribution in [0.4, 0.5) is 0 Å². The average Bonchev–Trinajstić information content (AvgIpc) is 2.11. The Balaban J connectivity index is 3.09. The number of aryl methyl sites for hydroxylation is 1. The number of rotatable bonds is 3. The van der Waals surface area contributed by atoms with Crippen LogP contribution in [0.1, 0.15) is 35.7 Å². The Labute approximate surface area is 92.1 Å². The van der Waals surface area contributed by atoms with Crippen molar-refractivity contribution in [2.45, 2.75) is 26.7 Å². The third kappa shape index (κ3) is 2.35. The number of halogens is 1. The van der Waals surface area contributed by atoms with Crippen molar-refractivity contribution in [3.8, 4) is 5.75 Å². The van der Waals surface area contributed by atoms with Crippen LogP contribution in [0.5, 0.6) is 5.75 Å². The largest absolute Gasteiger partial charge is 0.507 e. The van der Waals surface area contributed by atoms with Crippen LogP contribution < -0.4 is 0 Å². The van der Waals surface area contributed by atoms with Crippen LogP contribution in [-0.2, 0) is 0 Å². The summed E-state index contributed by atoms with van der Waals surface area (Å²) in [6.07, 6.45) is 1.40. The van der Waals surface area contributed by atoms with E-state index >= 15 is 0 Å². The predicted molar refractivity (Wildman–Crippen MR) is 59.8 cm³/mol. The van der Waals surface area contributed by atoms with Gasteiger partial charge in [-0.1, -0.05) is 6.92 Å². The first-order valence-corrected chi connectivity index (χ1v) is 5.38. The SMILES string of the molecule is CCCC(=O)c1cc(Br)c(O)cc1C. The van der Waals surface area contributed by atoms with Gasteiger partial charge < -0.3 is 5.11 Å². The van der Waals surface area contributed by atoms with Gasteiger partial charge in [-0.05, 0) is 47.0 Å². The third-order valence-electron chi connectivity index (χ3n) is 2.07. The zero-order chi connectivity index (χ0) is 10.7. The van der Waals surface area contributed by atoms with Gasteiger partial charge in [-0.15, -0.1) is 0 Å². The molecule has 0 fully saturated rings. The van der Waals surface area contributed by atoms with Gasteiger partial charge in [0.15, 0.2) is 5.78 Å². The van der Waals surface area contributed by atoms with Crippen molar-refractivity contribution in [1.29, 1.82) is 0 Å². The van der Waals surface area contributed by atoms with Crippen molar-refractivity contribution in [1.82, 2.24) is 0 Å². The van der Waals surface area contributed by atoms with Crippen molar-refractivity contribution >= 4 is 21.7 Å². The molecule has 0 amide bonds. The molecule has 1 aromatic carbocycles. The Morgan fingerprint density at radius 1 is 1.50 bits per heavy atom. The topological polar surface area (TPSA) is 37.3 Å². The molecule has 0 heterocycles. The number of aromatic hydroxyl groups is 1. The second kappa shape index (κ2) is 4.60. The fourth-order valence-electron chi connectivity index (χ4n) is 1.33.